The molecule has 1 N–H and O–H groups in total. The van der Waals surface area contributed by atoms with E-state index in [1.54, 1.807) is 13.8 Å². The zero-order valence-electron chi connectivity index (χ0n) is 19.1. The Labute approximate surface area is 192 Å². The van der Waals surface area contributed by atoms with Gasteiger partial charge in [-0.05, 0) is 44.0 Å². The van der Waals surface area contributed by atoms with Crippen molar-refractivity contribution in [3.05, 3.63) is 82.2 Å². The topological polar surface area (TPSA) is 59.4 Å². The van der Waals surface area contributed by atoms with E-state index in [9.17, 15) is 13.6 Å². The lowest BCUT2D eigenvalue weighted by atomic mass is 10.1. The number of carbonyl (C=O) groups is 1. The van der Waals surface area contributed by atoms with Crippen LogP contribution in [0, 0.1) is 25.5 Å². The zero-order chi connectivity index (χ0) is 23.5. The van der Waals surface area contributed by atoms with E-state index in [0.717, 1.165) is 37.9 Å². The van der Waals surface area contributed by atoms with Gasteiger partial charge in [-0.2, -0.15) is 5.10 Å². The van der Waals surface area contributed by atoms with Gasteiger partial charge in [0.15, 0.2) is 5.82 Å². The van der Waals surface area contributed by atoms with Crippen LogP contribution in [0.5, 0.6) is 0 Å². The van der Waals surface area contributed by atoms with Gasteiger partial charge in [-0.3, -0.25) is 9.69 Å². The molecule has 1 aromatic heterocycles. The molecule has 2 heterocycles. The maximum atomic E-state index is 14.2. The lowest BCUT2D eigenvalue weighted by molar-refractivity contribution is -0.0212. The molecule has 0 saturated carbocycles. The Morgan fingerprint density at radius 2 is 1.97 bits per heavy atom. The minimum Gasteiger partial charge on any atom is -0.376 e. The summed E-state index contributed by atoms with van der Waals surface area (Å²) in [5.41, 5.74) is 3.63. The second kappa shape index (κ2) is 9.80. The quantitative estimate of drug-likeness (QED) is 0.614. The standard InChI is InChI=1S/C25H28F2N4O2/c1-16-14-30(9-10-33-16)15-20-6-4-5-19(11-20)13-28-25(32)24-17(2)29-31(18(24)3)23-8-7-21(26)12-22(23)27/h4-8,11-12,16H,9-10,13-15H2,1-3H3,(H,28,32). The van der Waals surface area contributed by atoms with Crippen molar-refractivity contribution in [1.29, 1.82) is 0 Å². The van der Waals surface area contributed by atoms with Crippen molar-refractivity contribution in [1.82, 2.24) is 20.0 Å². The predicted molar refractivity (Wildman–Crippen MR) is 121 cm³/mol. The van der Waals surface area contributed by atoms with E-state index >= 15 is 0 Å². The summed E-state index contributed by atoms with van der Waals surface area (Å²) in [7, 11) is 0. The Balaban J connectivity index is 1.45. The summed E-state index contributed by atoms with van der Waals surface area (Å²) < 4.78 is 34.5. The minimum atomic E-state index is -0.737. The first-order chi connectivity index (χ1) is 15.8. The fourth-order valence-corrected chi connectivity index (χ4v) is 4.26. The van der Waals surface area contributed by atoms with Crippen LogP contribution < -0.4 is 5.32 Å². The summed E-state index contributed by atoms with van der Waals surface area (Å²) >= 11 is 0. The molecule has 4 rings (SSSR count). The number of nitrogens with one attached hydrogen (secondary N) is 1. The van der Waals surface area contributed by atoms with Gasteiger partial charge in [-0.15, -0.1) is 0 Å². The molecule has 8 heteroatoms. The molecule has 1 saturated heterocycles. The summed E-state index contributed by atoms with van der Waals surface area (Å²) in [5, 5.41) is 7.25. The van der Waals surface area contributed by atoms with Crippen LogP contribution in [0.25, 0.3) is 5.69 Å². The van der Waals surface area contributed by atoms with Crippen LogP contribution >= 0.6 is 0 Å². The number of nitrogens with zero attached hydrogens (tertiary/aromatic N) is 3. The van der Waals surface area contributed by atoms with Crippen LogP contribution in [-0.4, -0.2) is 46.4 Å². The maximum absolute atomic E-state index is 14.2. The van der Waals surface area contributed by atoms with E-state index in [4.69, 9.17) is 4.74 Å². The van der Waals surface area contributed by atoms with Crippen molar-refractivity contribution < 1.29 is 18.3 Å². The van der Waals surface area contributed by atoms with E-state index < -0.39 is 11.6 Å². The molecule has 1 atom stereocenters. The van der Waals surface area contributed by atoms with Crippen LogP contribution in [0.15, 0.2) is 42.5 Å². The van der Waals surface area contributed by atoms with Crippen molar-refractivity contribution in [3.8, 4) is 5.69 Å². The first-order valence-electron chi connectivity index (χ1n) is 11.0. The maximum Gasteiger partial charge on any atom is 0.255 e. The molecule has 3 aromatic rings. The number of rotatable bonds is 6. The van der Waals surface area contributed by atoms with E-state index in [2.05, 4.69) is 34.4 Å². The Hall–Kier alpha value is -3.10. The lowest BCUT2D eigenvalue weighted by Crippen LogP contribution is -2.40. The Morgan fingerprint density at radius 1 is 1.18 bits per heavy atom. The molecule has 0 bridgehead atoms. The van der Waals surface area contributed by atoms with Gasteiger partial charge in [0.2, 0.25) is 0 Å². The zero-order valence-corrected chi connectivity index (χ0v) is 19.1. The fourth-order valence-electron chi connectivity index (χ4n) is 4.26. The summed E-state index contributed by atoms with van der Waals surface area (Å²) in [6.07, 6.45) is 0.233. The molecular weight excluding hydrogens is 426 g/mol. The van der Waals surface area contributed by atoms with Crippen LogP contribution in [0.1, 0.15) is 39.8 Å². The summed E-state index contributed by atoms with van der Waals surface area (Å²) in [5.74, 6) is -1.69. The van der Waals surface area contributed by atoms with Crippen LogP contribution in [0.4, 0.5) is 8.78 Å². The van der Waals surface area contributed by atoms with Gasteiger partial charge in [0.05, 0.1) is 29.7 Å². The first kappa shape index (κ1) is 23.1. The van der Waals surface area contributed by atoms with Crippen LogP contribution in [0.2, 0.25) is 0 Å². The van der Waals surface area contributed by atoms with Gasteiger partial charge >= 0.3 is 0 Å². The number of halogens is 2. The van der Waals surface area contributed by atoms with E-state index in [1.807, 2.05) is 12.1 Å². The van der Waals surface area contributed by atoms with Gasteiger partial charge in [-0.1, -0.05) is 24.3 Å². The Morgan fingerprint density at radius 3 is 2.73 bits per heavy atom. The normalized spacial score (nSPS) is 16.7. The highest BCUT2D eigenvalue weighted by Crippen LogP contribution is 2.21. The number of amides is 1. The Bertz CT molecular complexity index is 1160. The average Bonchev–Trinajstić information content (AvgIpc) is 3.06. The molecule has 1 amide bonds. The molecule has 1 aliphatic rings. The number of morpholine rings is 1. The van der Waals surface area contributed by atoms with Crippen LogP contribution in [0.3, 0.4) is 0 Å². The van der Waals surface area contributed by atoms with Crippen molar-refractivity contribution in [2.75, 3.05) is 19.7 Å². The number of hydrogen-bond donors (Lipinski definition) is 1. The van der Waals surface area contributed by atoms with Crippen molar-refractivity contribution >= 4 is 5.91 Å². The highest BCUT2D eigenvalue weighted by Gasteiger charge is 2.21. The number of aryl methyl sites for hydroxylation is 1. The molecule has 1 unspecified atom stereocenters. The summed E-state index contributed by atoms with van der Waals surface area (Å²) in [4.78, 5) is 15.3. The lowest BCUT2D eigenvalue weighted by Gasteiger charge is -2.31. The second-order valence-electron chi connectivity index (χ2n) is 8.47. The first-order valence-corrected chi connectivity index (χ1v) is 11.0. The van der Waals surface area contributed by atoms with Crippen molar-refractivity contribution in [2.24, 2.45) is 0 Å². The predicted octanol–water partition coefficient (Wildman–Crippen LogP) is 3.92. The molecule has 6 nitrogen and oxygen atoms in total. The molecule has 174 valence electrons. The SMILES string of the molecule is Cc1nn(-c2ccc(F)cc2F)c(C)c1C(=O)NCc1cccc(CN2CCOC(C)C2)c1. The third-order valence-electron chi connectivity index (χ3n) is 5.83. The average molecular weight is 455 g/mol. The number of carbonyl (C=O) groups excluding carboxylic acids is 1. The minimum absolute atomic E-state index is 0.0983. The van der Waals surface area contributed by atoms with Gasteiger partial charge < -0.3 is 10.1 Å². The second-order valence-corrected chi connectivity index (χ2v) is 8.47. The summed E-state index contributed by atoms with van der Waals surface area (Å²) in [6.45, 7) is 9.22. The highest BCUT2D eigenvalue weighted by molar-refractivity contribution is 5.96. The van der Waals surface area contributed by atoms with Gasteiger partial charge in [0.25, 0.3) is 5.91 Å². The molecular formula is C25H28F2N4O2. The number of benzene rings is 2. The molecule has 33 heavy (non-hydrogen) atoms. The monoisotopic (exact) mass is 454 g/mol. The highest BCUT2D eigenvalue weighted by atomic mass is 19.1. The van der Waals surface area contributed by atoms with E-state index in [0.29, 0.717) is 23.5 Å². The fraction of sp³-hybridized carbons (Fsp3) is 0.360. The van der Waals surface area contributed by atoms with Crippen LogP contribution in [-0.2, 0) is 17.8 Å². The number of hydrogen-bond acceptors (Lipinski definition) is 4. The smallest absolute Gasteiger partial charge is 0.255 e. The molecule has 1 aliphatic heterocycles. The van der Waals surface area contributed by atoms with Crippen molar-refractivity contribution in [2.45, 2.75) is 40.0 Å². The number of aromatic nitrogens is 2. The number of ether oxygens (including phenoxy) is 1. The van der Waals surface area contributed by atoms with Gasteiger partial charge in [0.1, 0.15) is 11.5 Å². The third-order valence-corrected chi connectivity index (χ3v) is 5.83. The molecule has 0 spiro atoms. The largest absolute Gasteiger partial charge is 0.376 e. The third kappa shape index (κ3) is 5.29. The Kier molecular flexibility index (Phi) is 6.85. The van der Waals surface area contributed by atoms with E-state index in [-0.39, 0.29) is 17.7 Å². The van der Waals surface area contributed by atoms with Gasteiger partial charge in [-0.25, -0.2) is 13.5 Å². The molecule has 2 aromatic carbocycles. The molecule has 0 aliphatic carbocycles. The summed E-state index contributed by atoms with van der Waals surface area (Å²) in [6, 6.07) is 11.4. The van der Waals surface area contributed by atoms with E-state index in [1.165, 1.54) is 22.4 Å². The molecule has 0 radical (unpaired) electrons. The molecule has 1 fully saturated rings. The van der Waals surface area contributed by atoms with Crippen molar-refractivity contribution in [3.63, 3.8) is 0 Å². The van der Waals surface area contributed by atoms with Gasteiger partial charge in [0, 0.05) is 32.2 Å².